The van der Waals surface area contributed by atoms with Gasteiger partial charge in [-0.2, -0.15) is 12.6 Å². The maximum Gasteiger partial charge on any atom is 0.225 e. The number of anilines is 2. The summed E-state index contributed by atoms with van der Waals surface area (Å²) in [6, 6.07) is 7.85. The van der Waals surface area contributed by atoms with E-state index in [4.69, 9.17) is 0 Å². The summed E-state index contributed by atoms with van der Waals surface area (Å²) in [4.78, 5) is 14.0. The molecule has 0 saturated heterocycles. The lowest BCUT2D eigenvalue weighted by atomic mass is 10.1. The maximum absolute atomic E-state index is 12.0. The van der Waals surface area contributed by atoms with Gasteiger partial charge in [0.25, 0.3) is 0 Å². The van der Waals surface area contributed by atoms with Gasteiger partial charge in [0.05, 0.1) is 11.4 Å². The van der Waals surface area contributed by atoms with E-state index in [-0.39, 0.29) is 11.3 Å². The Kier molecular flexibility index (Phi) is 3.85. The Morgan fingerprint density at radius 1 is 1.39 bits per heavy atom. The Hall–Kier alpha value is -1.16. The number of amides is 1. The monoisotopic (exact) mass is 264 g/mol. The van der Waals surface area contributed by atoms with Crippen LogP contribution >= 0.6 is 12.6 Å². The van der Waals surface area contributed by atoms with Crippen molar-refractivity contribution in [3.05, 3.63) is 24.3 Å². The zero-order valence-corrected chi connectivity index (χ0v) is 11.8. The minimum atomic E-state index is 0.0934. The van der Waals surface area contributed by atoms with Crippen molar-refractivity contribution in [2.75, 3.05) is 30.1 Å². The number of hydrogen-bond acceptors (Lipinski definition) is 3. The first-order valence-corrected chi connectivity index (χ1v) is 6.87. The second kappa shape index (κ2) is 5.22. The van der Waals surface area contributed by atoms with Crippen molar-refractivity contribution >= 4 is 29.9 Å². The SMILES string of the molecule is CN(C)c1ccccc1NC(=O)CC1(CS)CC1. The van der Waals surface area contributed by atoms with Gasteiger partial charge in [0.15, 0.2) is 0 Å². The van der Waals surface area contributed by atoms with Crippen molar-refractivity contribution in [3.8, 4) is 0 Å². The van der Waals surface area contributed by atoms with Crippen molar-refractivity contribution in [2.45, 2.75) is 19.3 Å². The molecule has 0 heterocycles. The van der Waals surface area contributed by atoms with Crippen molar-refractivity contribution in [1.29, 1.82) is 0 Å². The Morgan fingerprint density at radius 3 is 2.61 bits per heavy atom. The molecular weight excluding hydrogens is 244 g/mol. The predicted molar refractivity (Wildman–Crippen MR) is 79.5 cm³/mol. The summed E-state index contributed by atoms with van der Waals surface area (Å²) >= 11 is 4.33. The lowest BCUT2D eigenvalue weighted by Gasteiger charge is -2.18. The Labute approximate surface area is 114 Å². The van der Waals surface area contributed by atoms with Gasteiger partial charge in [-0.1, -0.05) is 12.1 Å². The minimum absolute atomic E-state index is 0.0934. The Morgan fingerprint density at radius 2 is 2.06 bits per heavy atom. The fraction of sp³-hybridized carbons (Fsp3) is 0.500. The molecule has 4 heteroatoms. The number of carbonyl (C=O) groups is 1. The summed E-state index contributed by atoms with van der Waals surface area (Å²) in [5, 5.41) is 3.01. The van der Waals surface area contributed by atoms with Crippen LogP contribution in [0.4, 0.5) is 11.4 Å². The number of para-hydroxylation sites is 2. The number of thiol groups is 1. The summed E-state index contributed by atoms with van der Waals surface area (Å²) in [6.45, 7) is 0. The van der Waals surface area contributed by atoms with E-state index in [1.165, 1.54) is 0 Å². The fourth-order valence-corrected chi connectivity index (χ4v) is 2.50. The molecule has 1 saturated carbocycles. The van der Waals surface area contributed by atoms with E-state index in [1.54, 1.807) is 0 Å². The van der Waals surface area contributed by atoms with Gasteiger partial charge in [-0.3, -0.25) is 4.79 Å². The minimum Gasteiger partial charge on any atom is -0.376 e. The first kappa shape index (κ1) is 13.3. The first-order valence-electron chi connectivity index (χ1n) is 6.23. The van der Waals surface area contributed by atoms with Gasteiger partial charge in [-0.15, -0.1) is 0 Å². The smallest absolute Gasteiger partial charge is 0.225 e. The molecule has 1 aromatic carbocycles. The van der Waals surface area contributed by atoms with Crippen LogP contribution in [-0.4, -0.2) is 25.8 Å². The molecule has 1 fully saturated rings. The summed E-state index contributed by atoms with van der Waals surface area (Å²) in [5.41, 5.74) is 2.07. The lowest BCUT2D eigenvalue weighted by Crippen LogP contribution is -2.20. The van der Waals surface area contributed by atoms with Gasteiger partial charge in [-0.25, -0.2) is 0 Å². The van der Waals surface area contributed by atoms with E-state index in [0.717, 1.165) is 30.0 Å². The molecule has 1 aliphatic carbocycles. The van der Waals surface area contributed by atoms with Crippen LogP contribution in [0.15, 0.2) is 24.3 Å². The summed E-state index contributed by atoms with van der Waals surface area (Å²) < 4.78 is 0. The Balaban J connectivity index is 2.03. The highest BCUT2D eigenvalue weighted by Crippen LogP contribution is 2.49. The van der Waals surface area contributed by atoms with E-state index in [2.05, 4.69) is 17.9 Å². The number of rotatable bonds is 5. The van der Waals surface area contributed by atoms with Crippen LogP contribution in [-0.2, 0) is 4.79 Å². The van der Waals surface area contributed by atoms with Crippen LogP contribution in [0.2, 0.25) is 0 Å². The highest BCUT2D eigenvalue weighted by molar-refractivity contribution is 7.80. The number of nitrogens with zero attached hydrogens (tertiary/aromatic N) is 1. The predicted octanol–water partition coefficient (Wildman–Crippen LogP) is 2.79. The zero-order chi connectivity index (χ0) is 13.2. The van der Waals surface area contributed by atoms with Gasteiger partial charge in [0.2, 0.25) is 5.91 Å². The van der Waals surface area contributed by atoms with Crippen molar-refractivity contribution in [1.82, 2.24) is 0 Å². The third-order valence-electron chi connectivity index (χ3n) is 3.49. The number of carbonyl (C=O) groups excluding carboxylic acids is 1. The molecule has 1 N–H and O–H groups in total. The maximum atomic E-state index is 12.0. The van der Waals surface area contributed by atoms with Gasteiger partial charge in [0, 0.05) is 20.5 Å². The molecule has 0 unspecified atom stereocenters. The quantitative estimate of drug-likeness (QED) is 0.802. The lowest BCUT2D eigenvalue weighted by molar-refractivity contribution is -0.117. The van der Waals surface area contributed by atoms with Crippen molar-refractivity contribution in [2.24, 2.45) is 5.41 Å². The Bertz CT molecular complexity index is 441. The molecule has 98 valence electrons. The molecule has 2 rings (SSSR count). The van der Waals surface area contributed by atoms with Crippen LogP contribution in [0.1, 0.15) is 19.3 Å². The molecule has 0 spiro atoms. The third-order valence-corrected chi connectivity index (χ3v) is 4.16. The highest BCUT2D eigenvalue weighted by atomic mass is 32.1. The van der Waals surface area contributed by atoms with Gasteiger partial charge in [0.1, 0.15) is 0 Å². The number of benzene rings is 1. The van der Waals surface area contributed by atoms with Crippen molar-refractivity contribution in [3.63, 3.8) is 0 Å². The molecule has 1 aliphatic rings. The van der Waals surface area contributed by atoms with E-state index >= 15 is 0 Å². The summed E-state index contributed by atoms with van der Waals surface area (Å²) in [6.07, 6.45) is 2.83. The van der Waals surface area contributed by atoms with E-state index < -0.39 is 0 Å². The summed E-state index contributed by atoms with van der Waals surface area (Å²) in [5.74, 6) is 0.895. The van der Waals surface area contributed by atoms with Crippen LogP contribution in [0.3, 0.4) is 0 Å². The van der Waals surface area contributed by atoms with Gasteiger partial charge < -0.3 is 10.2 Å². The fourth-order valence-electron chi connectivity index (χ4n) is 2.07. The standard InChI is InChI=1S/C14H20N2OS/c1-16(2)12-6-4-3-5-11(12)15-13(17)9-14(10-18)7-8-14/h3-6,18H,7-10H2,1-2H3,(H,15,17). The van der Waals surface area contributed by atoms with Crippen LogP contribution in [0.5, 0.6) is 0 Å². The molecule has 0 aromatic heterocycles. The van der Waals surface area contributed by atoms with E-state index in [0.29, 0.717) is 6.42 Å². The van der Waals surface area contributed by atoms with Crippen LogP contribution < -0.4 is 10.2 Å². The molecule has 0 bridgehead atoms. The van der Waals surface area contributed by atoms with E-state index in [9.17, 15) is 4.79 Å². The molecular formula is C14H20N2OS. The van der Waals surface area contributed by atoms with Gasteiger partial charge in [-0.05, 0) is 36.1 Å². The molecule has 0 atom stereocenters. The molecule has 18 heavy (non-hydrogen) atoms. The van der Waals surface area contributed by atoms with Crippen molar-refractivity contribution < 1.29 is 4.79 Å². The van der Waals surface area contributed by atoms with Crippen LogP contribution in [0, 0.1) is 5.41 Å². The van der Waals surface area contributed by atoms with Gasteiger partial charge >= 0.3 is 0 Å². The first-order chi connectivity index (χ1) is 8.56. The summed E-state index contributed by atoms with van der Waals surface area (Å²) in [7, 11) is 3.95. The average molecular weight is 264 g/mol. The topological polar surface area (TPSA) is 32.3 Å². The number of nitrogens with one attached hydrogen (secondary N) is 1. The molecule has 1 amide bonds. The zero-order valence-electron chi connectivity index (χ0n) is 10.9. The molecule has 1 aromatic rings. The second-order valence-electron chi connectivity index (χ2n) is 5.29. The molecule has 0 aliphatic heterocycles. The normalized spacial score (nSPS) is 16.2. The number of hydrogen-bond donors (Lipinski definition) is 2. The second-order valence-corrected chi connectivity index (χ2v) is 5.61. The molecule has 3 nitrogen and oxygen atoms in total. The third kappa shape index (κ3) is 2.99. The van der Waals surface area contributed by atoms with E-state index in [1.807, 2.05) is 43.3 Å². The molecule has 0 radical (unpaired) electrons. The highest BCUT2D eigenvalue weighted by Gasteiger charge is 2.42. The van der Waals surface area contributed by atoms with Crippen LogP contribution in [0.25, 0.3) is 0 Å². The average Bonchev–Trinajstić information content (AvgIpc) is 3.09. The largest absolute Gasteiger partial charge is 0.376 e.